The predicted molar refractivity (Wildman–Crippen MR) is 53.9 cm³/mol. The number of aryl methyl sites for hydroxylation is 1. The van der Waals surface area contributed by atoms with Gasteiger partial charge in [-0.15, -0.1) is 5.10 Å². The number of hydrogen-bond acceptors (Lipinski definition) is 5. The molecule has 0 fully saturated rings. The van der Waals surface area contributed by atoms with Crippen LogP contribution in [0.3, 0.4) is 0 Å². The third-order valence-electron chi connectivity index (χ3n) is 2.35. The molecule has 1 aromatic rings. The third-order valence-corrected chi connectivity index (χ3v) is 2.35. The van der Waals surface area contributed by atoms with E-state index in [1.165, 1.54) is 7.11 Å². The van der Waals surface area contributed by atoms with Crippen molar-refractivity contribution in [1.82, 2.24) is 15.0 Å². The molecule has 1 aromatic heterocycles. The molecule has 0 aromatic carbocycles. The maximum Gasteiger partial charge on any atom is 0.313 e. The Morgan fingerprint density at radius 1 is 1.73 bits per heavy atom. The van der Waals surface area contributed by atoms with Crippen LogP contribution in [-0.2, 0) is 23.0 Å². The van der Waals surface area contributed by atoms with Crippen LogP contribution >= 0.6 is 0 Å². The van der Waals surface area contributed by atoms with E-state index in [0.717, 1.165) is 5.69 Å². The van der Waals surface area contributed by atoms with E-state index in [1.54, 1.807) is 24.9 Å². The minimum Gasteiger partial charge on any atom is -0.469 e. The van der Waals surface area contributed by atoms with Gasteiger partial charge in [0.2, 0.25) is 0 Å². The molecule has 2 N–H and O–H groups in total. The van der Waals surface area contributed by atoms with Crippen molar-refractivity contribution in [2.45, 2.75) is 13.3 Å². The van der Waals surface area contributed by atoms with Crippen LogP contribution in [-0.4, -0.2) is 34.6 Å². The number of rotatable bonds is 4. The van der Waals surface area contributed by atoms with E-state index in [1.807, 2.05) is 0 Å². The van der Waals surface area contributed by atoms with Gasteiger partial charge in [-0.05, 0) is 6.92 Å². The largest absolute Gasteiger partial charge is 0.469 e. The zero-order valence-corrected chi connectivity index (χ0v) is 9.23. The van der Waals surface area contributed by atoms with Gasteiger partial charge < -0.3 is 10.5 Å². The van der Waals surface area contributed by atoms with E-state index < -0.39 is 5.41 Å². The van der Waals surface area contributed by atoms with Crippen molar-refractivity contribution >= 4 is 5.97 Å². The summed E-state index contributed by atoms with van der Waals surface area (Å²) >= 11 is 0. The van der Waals surface area contributed by atoms with Crippen molar-refractivity contribution in [2.75, 3.05) is 13.7 Å². The summed E-state index contributed by atoms with van der Waals surface area (Å²) in [7, 11) is 3.13. The van der Waals surface area contributed by atoms with Gasteiger partial charge in [0.05, 0.1) is 18.2 Å². The van der Waals surface area contributed by atoms with Gasteiger partial charge in [0.15, 0.2) is 0 Å². The molecule has 0 radical (unpaired) electrons. The molecular formula is C9H16N4O2. The van der Waals surface area contributed by atoms with Crippen molar-refractivity contribution in [2.24, 2.45) is 18.2 Å². The summed E-state index contributed by atoms with van der Waals surface area (Å²) in [6.45, 7) is 1.98. The summed E-state index contributed by atoms with van der Waals surface area (Å²) in [5.41, 5.74) is 5.58. The lowest BCUT2D eigenvalue weighted by molar-refractivity contribution is -0.151. The minimum atomic E-state index is -0.731. The normalized spacial score (nSPS) is 14.7. The van der Waals surface area contributed by atoms with Gasteiger partial charge in [-0.3, -0.25) is 9.48 Å². The molecule has 0 aliphatic rings. The minimum absolute atomic E-state index is 0.218. The first-order valence-electron chi connectivity index (χ1n) is 4.65. The van der Waals surface area contributed by atoms with Crippen molar-refractivity contribution < 1.29 is 9.53 Å². The summed E-state index contributed by atoms with van der Waals surface area (Å²) in [5, 5.41) is 7.71. The molecule has 84 valence electrons. The Bertz CT molecular complexity index is 350. The van der Waals surface area contributed by atoms with Crippen molar-refractivity contribution in [3.63, 3.8) is 0 Å². The lowest BCUT2D eigenvalue weighted by Gasteiger charge is -2.23. The Morgan fingerprint density at radius 3 is 2.80 bits per heavy atom. The molecule has 1 heterocycles. The molecular weight excluding hydrogens is 196 g/mol. The zero-order chi connectivity index (χ0) is 11.5. The van der Waals surface area contributed by atoms with E-state index in [2.05, 4.69) is 10.3 Å². The van der Waals surface area contributed by atoms with Crippen molar-refractivity contribution in [3.05, 3.63) is 11.9 Å². The van der Waals surface area contributed by atoms with E-state index in [9.17, 15) is 4.79 Å². The highest BCUT2D eigenvalue weighted by molar-refractivity contribution is 5.76. The molecule has 0 spiro atoms. The number of methoxy groups -OCH3 is 1. The summed E-state index contributed by atoms with van der Waals surface area (Å²) in [4.78, 5) is 11.5. The monoisotopic (exact) mass is 212 g/mol. The number of aromatic nitrogens is 3. The number of nitrogens with zero attached hydrogens (tertiary/aromatic N) is 3. The first-order chi connectivity index (χ1) is 7.01. The molecule has 1 rings (SSSR count). The predicted octanol–water partition coefficient (Wildman–Crippen LogP) is -0.504. The van der Waals surface area contributed by atoms with Crippen LogP contribution in [0.2, 0.25) is 0 Å². The SMILES string of the molecule is COC(=O)C(C)(CN)Cc1cn(C)nn1. The Labute approximate surface area is 88.4 Å². The molecule has 15 heavy (non-hydrogen) atoms. The van der Waals surface area contributed by atoms with E-state index >= 15 is 0 Å². The second-order valence-corrected chi connectivity index (χ2v) is 3.82. The molecule has 1 unspecified atom stereocenters. The van der Waals surface area contributed by atoms with Crippen molar-refractivity contribution in [3.8, 4) is 0 Å². The highest BCUT2D eigenvalue weighted by Crippen LogP contribution is 2.21. The van der Waals surface area contributed by atoms with Gasteiger partial charge in [-0.2, -0.15) is 0 Å². The van der Waals surface area contributed by atoms with Gasteiger partial charge in [0.1, 0.15) is 0 Å². The molecule has 0 saturated heterocycles. The molecule has 0 amide bonds. The number of esters is 1. The maximum absolute atomic E-state index is 11.5. The van der Waals surface area contributed by atoms with Gasteiger partial charge in [-0.25, -0.2) is 0 Å². The molecule has 6 nitrogen and oxygen atoms in total. The van der Waals surface area contributed by atoms with E-state index in [0.29, 0.717) is 6.42 Å². The lowest BCUT2D eigenvalue weighted by Crippen LogP contribution is -2.38. The molecule has 0 aliphatic heterocycles. The summed E-state index contributed by atoms with van der Waals surface area (Å²) in [6.07, 6.45) is 2.20. The number of hydrogen-bond donors (Lipinski definition) is 1. The number of nitrogens with two attached hydrogens (primary N) is 1. The van der Waals surface area contributed by atoms with Crippen LogP contribution in [0.5, 0.6) is 0 Å². The fourth-order valence-corrected chi connectivity index (χ4v) is 1.35. The zero-order valence-electron chi connectivity index (χ0n) is 9.23. The highest BCUT2D eigenvalue weighted by Gasteiger charge is 2.34. The second kappa shape index (κ2) is 4.39. The van der Waals surface area contributed by atoms with Gasteiger partial charge in [0.25, 0.3) is 0 Å². The molecule has 0 saturated carbocycles. The average Bonchev–Trinajstić information content (AvgIpc) is 2.62. The van der Waals surface area contributed by atoms with Gasteiger partial charge in [-0.1, -0.05) is 5.21 Å². The topological polar surface area (TPSA) is 83.0 Å². The third kappa shape index (κ3) is 2.53. The number of carbonyl (C=O) groups is 1. The summed E-state index contributed by atoms with van der Waals surface area (Å²) in [6, 6.07) is 0. The fourth-order valence-electron chi connectivity index (χ4n) is 1.35. The van der Waals surface area contributed by atoms with E-state index in [4.69, 9.17) is 10.5 Å². The lowest BCUT2D eigenvalue weighted by atomic mass is 9.86. The van der Waals surface area contributed by atoms with Crippen LogP contribution in [0.15, 0.2) is 6.20 Å². The van der Waals surface area contributed by atoms with Crippen LogP contribution in [0.1, 0.15) is 12.6 Å². The Morgan fingerprint density at radius 2 is 2.40 bits per heavy atom. The van der Waals surface area contributed by atoms with E-state index in [-0.39, 0.29) is 12.5 Å². The average molecular weight is 212 g/mol. The Kier molecular flexibility index (Phi) is 3.41. The Balaban J connectivity index is 2.80. The van der Waals surface area contributed by atoms with Gasteiger partial charge in [0, 0.05) is 26.2 Å². The standard InChI is InChI=1S/C9H16N4O2/c1-9(6-10,8(14)15-3)4-7-5-13(2)12-11-7/h5H,4,6,10H2,1-3H3. The molecule has 1 atom stereocenters. The quantitative estimate of drug-likeness (QED) is 0.680. The smallest absolute Gasteiger partial charge is 0.313 e. The van der Waals surface area contributed by atoms with Crippen LogP contribution in [0.25, 0.3) is 0 Å². The number of carbonyl (C=O) groups excluding carboxylic acids is 1. The fraction of sp³-hybridized carbons (Fsp3) is 0.667. The molecule has 0 aliphatic carbocycles. The van der Waals surface area contributed by atoms with Crippen LogP contribution in [0, 0.1) is 5.41 Å². The first kappa shape index (κ1) is 11.6. The van der Waals surface area contributed by atoms with Crippen LogP contribution < -0.4 is 5.73 Å². The highest BCUT2D eigenvalue weighted by atomic mass is 16.5. The summed E-state index contributed by atoms with van der Waals surface area (Å²) < 4.78 is 6.30. The molecule has 6 heteroatoms. The Hall–Kier alpha value is -1.43. The first-order valence-corrected chi connectivity index (χ1v) is 4.65. The summed E-state index contributed by atoms with van der Waals surface area (Å²) in [5.74, 6) is -0.323. The van der Waals surface area contributed by atoms with Crippen LogP contribution in [0.4, 0.5) is 0 Å². The van der Waals surface area contributed by atoms with Crippen molar-refractivity contribution in [1.29, 1.82) is 0 Å². The number of ether oxygens (including phenoxy) is 1. The second-order valence-electron chi connectivity index (χ2n) is 3.82. The maximum atomic E-state index is 11.5. The van der Waals surface area contributed by atoms with Gasteiger partial charge >= 0.3 is 5.97 Å². The molecule has 0 bridgehead atoms.